The van der Waals surface area contributed by atoms with E-state index < -0.39 is 15.2 Å². The van der Waals surface area contributed by atoms with Gasteiger partial charge in [0.2, 0.25) is 0 Å². The molecule has 0 atom stereocenters. The van der Waals surface area contributed by atoms with Crippen LogP contribution in [0.3, 0.4) is 0 Å². The molecule has 0 bridgehead atoms. The van der Waals surface area contributed by atoms with Gasteiger partial charge in [0.25, 0.3) is 21.0 Å². The van der Waals surface area contributed by atoms with E-state index in [1.54, 1.807) is 19.1 Å². The van der Waals surface area contributed by atoms with Crippen molar-refractivity contribution < 1.29 is 8.42 Å². The van der Waals surface area contributed by atoms with Crippen LogP contribution < -0.4 is 4.72 Å². The molecule has 0 amide bonds. The summed E-state index contributed by atoms with van der Waals surface area (Å²) in [5.74, 6) is 0.186. The van der Waals surface area contributed by atoms with Crippen LogP contribution in [0.4, 0.5) is 5.69 Å². The molecule has 0 spiro atoms. The SMILES string of the molecule is Cc1ccnc2nc(S(=O)(=O)Nc3c(Cl)cccc3Cl)nn12. The molecule has 0 aliphatic heterocycles. The summed E-state index contributed by atoms with van der Waals surface area (Å²) in [4.78, 5) is 7.87. The standard InChI is InChI=1S/C12H9Cl2N5O2S/c1-7-5-6-15-11-16-12(17-19(7)11)22(20,21)18-10-8(13)3-2-4-9(10)14/h2-6,18H,1H3. The Kier molecular flexibility index (Phi) is 3.67. The number of fused-ring (bicyclic) bond motifs is 1. The summed E-state index contributed by atoms with van der Waals surface area (Å²) < 4.78 is 28.4. The molecule has 10 heteroatoms. The molecule has 0 radical (unpaired) electrons. The van der Waals surface area contributed by atoms with Gasteiger partial charge in [0, 0.05) is 11.9 Å². The molecule has 0 aliphatic carbocycles. The highest BCUT2D eigenvalue weighted by Crippen LogP contribution is 2.31. The maximum absolute atomic E-state index is 12.4. The maximum atomic E-state index is 12.4. The average molecular weight is 358 g/mol. The van der Waals surface area contributed by atoms with Crippen molar-refractivity contribution in [1.82, 2.24) is 19.6 Å². The molecular formula is C12H9Cl2N5O2S. The van der Waals surface area contributed by atoms with Crippen molar-refractivity contribution in [2.75, 3.05) is 4.72 Å². The van der Waals surface area contributed by atoms with Crippen molar-refractivity contribution in [3.05, 3.63) is 46.2 Å². The molecule has 0 saturated heterocycles. The van der Waals surface area contributed by atoms with E-state index in [9.17, 15) is 8.42 Å². The fourth-order valence-corrected chi connectivity index (χ4v) is 3.35. The molecule has 0 unspecified atom stereocenters. The largest absolute Gasteiger partial charge is 0.299 e. The molecule has 7 nitrogen and oxygen atoms in total. The smallest absolute Gasteiger partial charge is 0.274 e. The Balaban J connectivity index is 2.07. The molecular weight excluding hydrogens is 349 g/mol. The predicted octanol–water partition coefficient (Wildman–Crippen LogP) is 2.54. The van der Waals surface area contributed by atoms with Crippen LogP contribution in [-0.2, 0) is 10.0 Å². The number of aryl methyl sites for hydroxylation is 1. The normalized spacial score (nSPS) is 11.8. The first-order valence-electron chi connectivity index (χ1n) is 6.04. The van der Waals surface area contributed by atoms with E-state index in [1.807, 2.05) is 0 Å². The van der Waals surface area contributed by atoms with Gasteiger partial charge in [-0.25, -0.2) is 9.50 Å². The molecule has 1 aromatic carbocycles. The Hall–Kier alpha value is -1.90. The minimum Gasteiger partial charge on any atom is -0.274 e. The molecule has 22 heavy (non-hydrogen) atoms. The molecule has 3 rings (SSSR count). The van der Waals surface area contributed by atoms with Gasteiger partial charge in [-0.15, -0.1) is 5.10 Å². The molecule has 3 aromatic rings. The van der Waals surface area contributed by atoms with E-state index in [0.717, 1.165) is 0 Å². The third-order valence-corrected chi connectivity index (χ3v) is 4.61. The zero-order valence-electron chi connectivity index (χ0n) is 11.2. The number of rotatable bonds is 3. The number of halogens is 2. The molecule has 2 heterocycles. The highest BCUT2D eigenvalue weighted by atomic mass is 35.5. The van der Waals surface area contributed by atoms with Crippen LogP contribution in [-0.4, -0.2) is 28.0 Å². The second-order valence-corrected chi connectivity index (χ2v) is 6.79. The van der Waals surface area contributed by atoms with Crippen LogP contribution in [0.2, 0.25) is 10.0 Å². The van der Waals surface area contributed by atoms with E-state index in [4.69, 9.17) is 23.2 Å². The molecule has 0 aliphatic rings. The van der Waals surface area contributed by atoms with Crippen LogP contribution in [0.15, 0.2) is 35.6 Å². The fraction of sp³-hybridized carbons (Fsp3) is 0.0833. The third-order valence-electron chi connectivity index (χ3n) is 2.85. The Bertz CT molecular complexity index is 951. The molecule has 2 aromatic heterocycles. The summed E-state index contributed by atoms with van der Waals surface area (Å²) in [6.07, 6.45) is 1.52. The first-order valence-corrected chi connectivity index (χ1v) is 8.27. The highest BCUT2D eigenvalue weighted by molar-refractivity contribution is 7.92. The van der Waals surface area contributed by atoms with Crippen molar-refractivity contribution in [3.63, 3.8) is 0 Å². The van der Waals surface area contributed by atoms with E-state index in [-0.39, 0.29) is 21.5 Å². The summed E-state index contributed by atoms with van der Waals surface area (Å²) >= 11 is 11.9. The molecule has 0 fully saturated rings. The lowest BCUT2D eigenvalue weighted by molar-refractivity contribution is 0.592. The average Bonchev–Trinajstić information content (AvgIpc) is 2.90. The Labute approximate surface area is 136 Å². The number of para-hydroxylation sites is 1. The lowest BCUT2D eigenvalue weighted by atomic mass is 10.3. The van der Waals surface area contributed by atoms with Crippen molar-refractivity contribution in [2.24, 2.45) is 0 Å². The zero-order chi connectivity index (χ0) is 15.9. The van der Waals surface area contributed by atoms with Crippen molar-refractivity contribution in [2.45, 2.75) is 12.1 Å². The fourth-order valence-electron chi connectivity index (χ4n) is 1.78. The number of anilines is 1. The second-order valence-electron chi connectivity index (χ2n) is 4.39. The summed E-state index contributed by atoms with van der Waals surface area (Å²) in [7, 11) is -4.04. The number of nitrogens with one attached hydrogen (secondary N) is 1. The number of hydrogen-bond acceptors (Lipinski definition) is 5. The van der Waals surface area contributed by atoms with Gasteiger partial charge in [-0.2, -0.15) is 13.4 Å². The lowest BCUT2D eigenvalue weighted by Crippen LogP contribution is -2.15. The second kappa shape index (κ2) is 5.38. The topological polar surface area (TPSA) is 89.2 Å². The van der Waals surface area contributed by atoms with Crippen molar-refractivity contribution in [1.29, 1.82) is 0 Å². The van der Waals surface area contributed by atoms with Crippen molar-refractivity contribution >= 4 is 44.7 Å². The summed E-state index contributed by atoms with van der Waals surface area (Å²) in [6.45, 7) is 1.76. The van der Waals surface area contributed by atoms with Gasteiger partial charge in [0.15, 0.2) is 0 Å². The van der Waals surface area contributed by atoms with E-state index in [0.29, 0.717) is 5.69 Å². The molecule has 114 valence electrons. The monoisotopic (exact) mass is 357 g/mol. The highest BCUT2D eigenvalue weighted by Gasteiger charge is 2.23. The molecule has 0 saturated carbocycles. The summed E-state index contributed by atoms with van der Waals surface area (Å²) in [5, 5.41) is 3.88. The zero-order valence-corrected chi connectivity index (χ0v) is 13.5. The predicted molar refractivity (Wildman–Crippen MR) is 82.8 cm³/mol. The van der Waals surface area contributed by atoms with Gasteiger partial charge in [-0.05, 0) is 25.1 Å². The van der Waals surface area contributed by atoms with E-state index in [1.165, 1.54) is 22.8 Å². The summed E-state index contributed by atoms with van der Waals surface area (Å²) in [6, 6.07) is 6.34. The number of hydrogen-bond donors (Lipinski definition) is 1. The van der Waals surface area contributed by atoms with Gasteiger partial charge in [-0.1, -0.05) is 29.3 Å². The number of nitrogens with zero attached hydrogens (tertiary/aromatic N) is 4. The Morgan fingerprint density at radius 2 is 1.86 bits per heavy atom. The van der Waals surface area contributed by atoms with Crippen LogP contribution in [0.1, 0.15) is 5.69 Å². The number of sulfonamides is 1. The van der Waals surface area contributed by atoms with Crippen LogP contribution in [0, 0.1) is 6.92 Å². The van der Waals surface area contributed by atoms with E-state index >= 15 is 0 Å². The first kappa shape index (κ1) is 15.0. The maximum Gasteiger partial charge on any atom is 0.299 e. The van der Waals surface area contributed by atoms with Crippen LogP contribution >= 0.6 is 23.2 Å². The van der Waals surface area contributed by atoms with Gasteiger partial charge >= 0.3 is 0 Å². The van der Waals surface area contributed by atoms with E-state index in [2.05, 4.69) is 19.8 Å². The van der Waals surface area contributed by atoms with Gasteiger partial charge in [-0.3, -0.25) is 4.72 Å². The van der Waals surface area contributed by atoms with Crippen LogP contribution in [0.5, 0.6) is 0 Å². The third kappa shape index (κ3) is 2.60. The van der Waals surface area contributed by atoms with Crippen LogP contribution in [0.25, 0.3) is 5.78 Å². The van der Waals surface area contributed by atoms with Gasteiger partial charge in [0.1, 0.15) is 0 Å². The first-order chi connectivity index (χ1) is 10.4. The number of benzene rings is 1. The Morgan fingerprint density at radius 3 is 2.50 bits per heavy atom. The lowest BCUT2D eigenvalue weighted by Gasteiger charge is -2.08. The van der Waals surface area contributed by atoms with Gasteiger partial charge < -0.3 is 0 Å². The number of aromatic nitrogens is 4. The van der Waals surface area contributed by atoms with Gasteiger partial charge in [0.05, 0.1) is 15.7 Å². The minimum absolute atomic E-state index is 0.0781. The summed E-state index contributed by atoms with van der Waals surface area (Å²) in [5.41, 5.74) is 0.782. The Morgan fingerprint density at radius 1 is 1.18 bits per heavy atom. The van der Waals surface area contributed by atoms with Crippen molar-refractivity contribution in [3.8, 4) is 0 Å². The molecule has 1 N–H and O–H groups in total. The quantitative estimate of drug-likeness (QED) is 0.777. The minimum atomic E-state index is -4.04.